The Morgan fingerprint density at radius 1 is 1.17 bits per heavy atom. The lowest BCUT2D eigenvalue weighted by molar-refractivity contribution is -0.127. The maximum absolute atomic E-state index is 12.6. The number of fused-ring (bicyclic) bond motifs is 2. The molecule has 0 aliphatic carbocycles. The van der Waals surface area contributed by atoms with E-state index < -0.39 is 7.12 Å². The number of nitriles is 1. The zero-order valence-electron chi connectivity index (χ0n) is 15.9. The van der Waals surface area contributed by atoms with Gasteiger partial charge in [-0.2, -0.15) is 5.26 Å². The second kappa shape index (κ2) is 7.74. The van der Waals surface area contributed by atoms with Crippen LogP contribution in [0.5, 0.6) is 5.75 Å². The molecule has 2 aromatic rings. The van der Waals surface area contributed by atoms with E-state index in [1.165, 1.54) is 0 Å². The normalized spacial score (nSPS) is 17.1. The number of benzene rings is 2. The largest absolute Gasteiger partial charge is 0.492 e. The van der Waals surface area contributed by atoms with E-state index in [1.54, 1.807) is 42.5 Å². The average Bonchev–Trinajstić information content (AvgIpc) is 3.10. The molecule has 0 atom stereocenters. The van der Waals surface area contributed by atoms with Gasteiger partial charge in [0, 0.05) is 30.1 Å². The predicted octanol–water partition coefficient (Wildman–Crippen LogP) is 1.20. The van der Waals surface area contributed by atoms with Gasteiger partial charge in [-0.1, -0.05) is 24.3 Å². The SMILES string of the molecule is N#Cc1ccc2c(c1)C1(CCN(C(=O)C=Cc3ccc(B(O)O)cc3)CC1)CO2. The minimum atomic E-state index is -1.50. The van der Waals surface area contributed by atoms with Crippen molar-refractivity contribution >= 4 is 24.6 Å². The molecule has 0 radical (unpaired) electrons. The molecule has 4 rings (SSSR count). The third-order valence-corrected chi connectivity index (χ3v) is 5.87. The second-order valence-corrected chi connectivity index (χ2v) is 7.59. The molecule has 146 valence electrons. The number of hydrogen-bond acceptors (Lipinski definition) is 5. The number of hydrogen-bond donors (Lipinski definition) is 2. The molecule has 2 heterocycles. The molecule has 2 aliphatic rings. The Morgan fingerprint density at radius 2 is 1.90 bits per heavy atom. The smallest absolute Gasteiger partial charge is 0.488 e. The fourth-order valence-electron chi connectivity index (χ4n) is 4.05. The van der Waals surface area contributed by atoms with Crippen LogP contribution in [0.1, 0.15) is 29.5 Å². The summed E-state index contributed by atoms with van der Waals surface area (Å²) in [7, 11) is -1.50. The van der Waals surface area contributed by atoms with Gasteiger partial charge in [0.05, 0.1) is 18.2 Å². The molecule has 0 saturated carbocycles. The predicted molar refractivity (Wildman–Crippen MR) is 109 cm³/mol. The topological polar surface area (TPSA) is 93.8 Å². The summed E-state index contributed by atoms with van der Waals surface area (Å²) in [6.45, 7) is 1.87. The highest BCUT2D eigenvalue weighted by atomic mass is 16.5. The van der Waals surface area contributed by atoms with E-state index in [1.807, 2.05) is 17.0 Å². The number of carbonyl (C=O) groups excluding carboxylic acids is 1. The fourth-order valence-corrected chi connectivity index (χ4v) is 4.05. The Labute approximate surface area is 169 Å². The quantitative estimate of drug-likeness (QED) is 0.609. The number of nitrogens with zero attached hydrogens (tertiary/aromatic N) is 2. The number of ether oxygens (including phenoxy) is 1. The molecule has 7 heteroatoms. The molecule has 1 fully saturated rings. The van der Waals surface area contributed by atoms with E-state index in [0.29, 0.717) is 30.7 Å². The molecular weight excluding hydrogens is 367 g/mol. The van der Waals surface area contributed by atoms with Gasteiger partial charge in [-0.05, 0) is 48.1 Å². The van der Waals surface area contributed by atoms with Crippen molar-refractivity contribution in [3.63, 3.8) is 0 Å². The van der Waals surface area contributed by atoms with Crippen LogP contribution >= 0.6 is 0 Å². The van der Waals surface area contributed by atoms with Gasteiger partial charge < -0.3 is 19.7 Å². The van der Waals surface area contributed by atoms with Crippen molar-refractivity contribution < 1.29 is 19.6 Å². The number of carbonyl (C=O) groups is 1. The fraction of sp³-hybridized carbons (Fsp3) is 0.273. The number of rotatable bonds is 3. The number of amides is 1. The lowest BCUT2D eigenvalue weighted by Gasteiger charge is -2.38. The highest BCUT2D eigenvalue weighted by Crippen LogP contribution is 2.45. The van der Waals surface area contributed by atoms with Crippen molar-refractivity contribution in [1.29, 1.82) is 5.26 Å². The van der Waals surface area contributed by atoms with Gasteiger partial charge in [0.25, 0.3) is 0 Å². The molecule has 2 N–H and O–H groups in total. The van der Waals surface area contributed by atoms with Crippen LogP contribution in [-0.2, 0) is 10.2 Å². The Kier molecular flexibility index (Phi) is 5.14. The first-order valence-corrected chi connectivity index (χ1v) is 9.61. The van der Waals surface area contributed by atoms with Crippen molar-refractivity contribution in [3.05, 3.63) is 65.2 Å². The Balaban J connectivity index is 1.40. The zero-order valence-corrected chi connectivity index (χ0v) is 15.9. The molecule has 1 spiro atoms. The van der Waals surface area contributed by atoms with Gasteiger partial charge in [-0.3, -0.25) is 4.79 Å². The number of piperidine rings is 1. The Bertz CT molecular complexity index is 987. The van der Waals surface area contributed by atoms with Crippen molar-refractivity contribution in [1.82, 2.24) is 4.90 Å². The van der Waals surface area contributed by atoms with Crippen LogP contribution < -0.4 is 10.2 Å². The van der Waals surface area contributed by atoms with Gasteiger partial charge in [-0.15, -0.1) is 0 Å². The summed E-state index contributed by atoms with van der Waals surface area (Å²) in [5.41, 5.74) is 2.83. The maximum atomic E-state index is 12.6. The Hall–Kier alpha value is -3.08. The van der Waals surface area contributed by atoms with Crippen molar-refractivity contribution in [2.75, 3.05) is 19.7 Å². The Morgan fingerprint density at radius 3 is 2.55 bits per heavy atom. The first kappa shape index (κ1) is 19.3. The molecule has 1 amide bonds. The van der Waals surface area contributed by atoms with Crippen LogP contribution in [0.4, 0.5) is 0 Å². The standard InChI is InChI=1S/C22H21BN2O4/c24-14-17-3-7-20-19(13-17)22(15-29-20)9-11-25(12-10-22)21(26)8-4-16-1-5-18(6-2-16)23(27)28/h1-8,13,27-28H,9-12,15H2. The highest BCUT2D eigenvalue weighted by Gasteiger charge is 2.43. The van der Waals surface area contributed by atoms with Crippen molar-refractivity contribution in [2.24, 2.45) is 0 Å². The maximum Gasteiger partial charge on any atom is 0.488 e. The van der Waals surface area contributed by atoms with Crippen LogP contribution in [0.3, 0.4) is 0 Å². The monoisotopic (exact) mass is 388 g/mol. The van der Waals surface area contributed by atoms with Crippen LogP contribution in [0.2, 0.25) is 0 Å². The average molecular weight is 388 g/mol. The summed E-state index contributed by atoms with van der Waals surface area (Å²) >= 11 is 0. The van der Waals surface area contributed by atoms with Crippen LogP contribution in [-0.4, -0.2) is 47.7 Å². The first-order valence-electron chi connectivity index (χ1n) is 9.61. The molecule has 0 aromatic heterocycles. The third-order valence-electron chi connectivity index (χ3n) is 5.87. The van der Waals surface area contributed by atoms with Crippen LogP contribution in [0, 0.1) is 11.3 Å². The lowest BCUT2D eigenvalue weighted by Crippen LogP contribution is -2.45. The van der Waals surface area contributed by atoms with Crippen LogP contribution in [0.15, 0.2) is 48.5 Å². The molecule has 2 aromatic carbocycles. The van der Waals surface area contributed by atoms with Gasteiger partial charge in [-0.25, -0.2) is 0 Å². The summed E-state index contributed by atoms with van der Waals surface area (Å²) in [6, 6.07) is 14.5. The molecule has 29 heavy (non-hydrogen) atoms. The van der Waals surface area contributed by atoms with E-state index in [9.17, 15) is 10.1 Å². The van der Waals surface area contributed by atoms with E-state index >= 15 is 0 Å². The molecule has 2 aliphatic heterocycles. The van der Waals surface area contributed by atoms with Gasteiger partial charge in [0.2, 0.25) is 5.91 Å². The van der Waals surface area contributed by atoms with Crippen LogP contribution in [0.25, 0.3) is 6.08 Å². The third kappa shape index (κ3) is 3.77. The lowest BCUT2D eigenvalue weighted by atomic mass is 9.74. The van der Waals surface area contributed by atoms with E-state index in [-0.39, 0.29) is 11.3 Å². The minimum absolute atomic E-state index is 0.0453. The van der Waals surface area contributed by atoms with Gasteiger partial charge in [0.15, 0.2) is 0 Å². The van der Waals surface area contributed by atoms with Gasteiger partial charge in [0.1, 0.15) is 5.75 Å². The summed E-state index contributed by atoms with van der Waals surface area (Å²) in [5, 5.41) is 27.5. The molecule has 1 saturated heterocycles. The van der Waals surface area contributed by atoms with E-state index in [0.717, 1.165) is 29.7 Å². The summed E-state index contributed by atoms with van der Waals surface area (Å²) in [6.07, 6.45) is 4.89. The highest BCUT2D eigenvalue weighted by molar-refractivity contribution is 6.58. The summed E-state index contributed by atoms with van der Waals surface area (Å²) in [4.78, 5) is 14.4. The summed E-state index contributed by atoms with van der Waals surface area (Å²) < 4.78 is 5.86. The molecular formula is C22H21BN2O4. The number of likely N-dealkylation sites (tertiary alicyclic amines) is 1. The summed E-state index contributed by atoms with van der Waals surface area (Å²) in [5.74, 6) is 0.802. The first-order chi connectivity index (χ1) is 14.0. The van der Waals surface area contributed by atoms with E-state index in [4.69, 9.17) is 14.8 Å². The van der Waals surface area contributed by atoms with E-state index in [2.05, 4.69) is 6.07 Å². The minimum Gasteiger partial charge on any atom is -0.492 e. The van der Waals surface area contributed by atoms with Crippen molar-refractivity contribution in [2.45, 2.75) is 18.3 Å². The van der Waals surface area contributed by atoms with Gasteiger partial charge >= 0.3 is 7.12 Å². The van der Waals surface area contributed by atoms with Crippen molar-refractivity contribution in [3.8, 4) is 11.8 Å². The molecule has 6 nitrogen and oxygen atoms in total. The molecule has 0 unspecified atom stereocenters. The second-order valence-electron chi connectivity index (χ2n) is 7.59. The zero-order chi connectivity index (χ0) is 20.4. The molecule has 0 bridgehead atoms.